The molecule has 0 saturated carbocycles. The first-order valence-corrected chi connectivity index (χ1v) is 12.0. The highest BCUT2D eigenvalue weighted by Crippen LogP contribution is 2.19. The molecule has 0 fully saturated rings. The second-order valence-electron chi connectivity index (χ2n) is 7.00. The summed E-state index contributed by atoms with van der Waals surface area (Å²) in [5.41, 5.74) is 2.53. The van der Waals surface area contributed by atoms with Gasteiger partial charge in [-0.15, -0.1) is 11.3 Å². The van der Waals surface area contributed by atoms with Crippen molar-refractivity contribution in [3.05, 3.63) is 75.2 Å². The van der Waals surface area contributed by atoms with Crippen molar-refractivity contribution in [3.8, 4) is 0 Å². The first-order valence-electron chi connectivity index (χ1n) is 9.66. The van der Waals surface area contributed by atoms with Gasteiger partial charge in [0.25, 0.3) is 0 Å². The van der Waals surface area contributed by atoms with Crippen LogP contribution in [-0.2, 0) is 27.7 Å². The molecule has 164 valence electrons. The van der Waals surface area contributed by atoms with Crippen LogP contribution in [0.15, 0.2) is 52.7 Å². The van der Waals surface area contributed by atoms with Gasteiger partial charge in [0.05, 0.1) is 10.5 Å². The SMILES string of the molecule is CNS(=O)(=O)c1ccc(C(=O)OCC(=O)c2cc(C)n(CCc3cccs3)c2C)cc1. The predicted octanol–water partition coefficient (Wildman–Crippen LogP) is 3.36. The van der Waals surface area contributed by atoms with E-state index in [9.17, 15) is 18.0 Å². The minimum absolute atomic E-state index is 0.0395. The quantitative estimate of drug-likeness (QED) is 0.390. The second-order valence-corrected chi connectivity index (χ2v) is 9.92. The molecule has 0 amide bonds. The van der Waals surface area contributed by atoms with Crippen LogP contribution in [-0.4, -0.2) is 38.4 Å². The molecule has 7 nitrogen and oxygen atoms in total. The van der Waals surface area contributed by atoms with E-state index in [1.165, 1.54) is 36.2 Å². The molecule has 0 radical (unpaired) electrons. The maximum absolute atomic E-state index is 12.6. The van der Waals surface area contributed by atoms with Crippen molar-refractivity contribution in [1.29, 1.82) is 0 Å². The molecule has 3 rings (SSSR count). The van der Waals surface area contributed by atoms with Crippen molar-refractivity contribution < 1.29 is 22.7 Å². The van der Waals surface area contributed by atoms with Crippen LogP contribution >= 0.6 is 11.3 Å². The zero-order valence-corrected chi connectivity index (χ0v) is 19.2. The number of hydrogen-bond donors (Lipinski definition) is 1. The summed E-state index contributed by atoms with van der Waals surface area (Å²) in [6.07, 6.45) is 0.885. The number of nitrogens with zero attached hydrogens (tertiary/aromatic N) is 1. The standard InChI is InChI=1S/C22H24N2O5S2/c1-15-13-20(16(2)24(15)11-10-18-5-4-12-30-18)21(25)14-29-22(26)17-6-8-19(9-7-17)31(27,28)23-3/h4-9,12-13,23H,10-11,14H2,1-3H3. The van der Waals surface area contributed by atoms with Gasteiger partial charge in [0.15, 0.2) is 6.61 Å². The first kappa shape index (κ1) is 22.9. The van der Waals surface area contributed by atoms with Crippen molar-refractivity contribution in [2.75, 3.05) is 13.7 Å². The zero-order chi connectivity index (χ0) is 22.6. The summed E-state index contributed by atoms with van der Waals surface area (Å²) in [4.78, 5) is 26.2. The van der Waals surface area contributed by atoms with Crippen molar-refractivity contribution >= 4 is 33.1 Å². The number of aromatic nitrogens is 1. The summed E-state index contributed by atoms with van der Waals surface area (Å²) in [6, 6.07) is 11.3. The molecular formula is C22H24N2O5S2. The molecule has 0 unspecified atom stereocenters. The second kappa shape index (κ2) is 9.59. The molecule has 2 heterocycles. The zero-order valence-electron chi connectivity index (χ0n) is 17.5. The summed E-state index contributed by atoms with van der Waals surface area (Å²) in [7, 11) is -2.28. The number of ether oxygens (including phenoxy) is 1. The van der Waals surface area contributed by atoms with Gasteiger partial charge in [-0.3, -0.25) is 4.79 Å². The Morgan fingerprint density at radius 3 is 2.45 bits per heavy atom. The Bertz CT molecular complexity index is 1180. The molecule has 1 N–H and O–H groups in total. The number of carbonyl (C=O) groups excluding carboxylic acids is 2. The molecule has 3 aromatic rings. The van der Waals surface area contributed by atoms with Gasteiger partial charge >= 0.3 is 5.97 Å². The summed E-state index contributed by atoms with van der Waals surface area (Å²) in [5, 5.41) is 2.04. The van der Waals surface area contributed by atoms with Gasteiger partial charge in [-0.1, -0.05) is 6.07 Å². The molecule has 31 heavy (non-hydrogen) atoms. The van der Waals surface area contributed by atoms with Crippen molar-refractivity contribution in [1.82, 2.24) is 9.29 Å². The Balaban J connectivity index is 1.62. The number of esters is 1. The highest BCUT2D eigenvalue weighted by atomic mass is 32.2. The number of thiophene rings is 1. The van der Waals surface area contributed by atoms with Gasteiger partial charge in [-0.05, 0) is 69.1 Å². The maximum Gasteiger partial charge on any atom is 0.338 e. The van der Waals surface area contributed by atoms with E-state index in [0.29, 0.717) is 5.56 Å². The fraction of sp³-hybridized carbons (Fsp3) is 0.273. The molecule has 9 heteroatoms. The normalized spacial score (nSPS) is 11.5. The van der Waals surface area contributed by atoms with Crippen molar-refractivity contribution in [3.63, 3.8) is 0 Å². The van der Waals surface area contributed by atoms with E-state index in [-0.39, 0.29) is 22.8 Å². The molecule has 0 aliphatic rings. The smallest absolute Gasteiger partial charge is 0.338 e. The number of ketones is 1. The number of aryl methyl sites for hydroxylation is 2. The molecule has 0 spiro atoms. The highest BCUT2D eigenvalue weighted by Gasteiger charge is 2.19. The molecule has 0 aliphatic heterocycles. The Kier molecular flexibility index (Phi) is 7.09. The van der Waals surface area contributed by atoms with E-state index in [0.717, 1.165) is 24.4 Å². The summed E-state index contributed by atoms with van der Waals surface area (Å²) < 4.78 is 33.0. The average Bonchev–Trinajstić information content (AvgIpc) is 3.38. The van der Waals surface area contributed by atoms with E-state index in [1.54, 1.807) is 11.3 Å². The molecule has 0 bridgehead atoms. The third kappa shape index (κ3) is 5.30. The average molecular weight is 461 g/mol. The monoisotopic (exact) mass is 460 g/mol. The number of Topliss-reactive ketones (excluding diaryl/α,β-unsaturated/α-hetero) is 1. The molecule has 0 atom stereocenters. The predicted molar refractivity (Wildman–Crippen MR) is 119 cm³/mol. The molecule has 0 aliphatic carbocycles. The fourth-order valence-corrected chi connectivity index (χ4v) is 4.71. The van der Waals surface area contributed by atoms with Crippen LogP contribution in [0.25, 0.3) is 0 Å². The van der Waals surface area contributed by atoms with Gasteiger partial charge in [0.1, 0.15) is 0 Å². The van der Waals surface area contributed by atoms with Crippen LogP contribution in [0.2, 0.25) is 0 Å². The topological polar surface area (TPSA) is 94.5 Å². The van der Waals surface area contributed by atoms with Crippen LogP contribution in [0.1, 0.15) is 37.0 Å². The lowest BCUT2D eigenvalue weighted by atomic mass is 10.1. The molecular weight excluding hydrogens is 436 g/mol. The summed E-state index contributed by atoms with van der Waals surface area (Å²) in [6.45, 7) is 4.22. The molecule has 0 saturated heterocycles. The van der Waals surface area contributed by atoms with E-state index >= 15 is 0 Å². The van der Waals surface area contributed by atoms with E-state index in [4.69, 9.17) is 4.74 Å². The highest BCUT2D eigenvalue weighted by molar-refractivity contribution is 7.89. The maximum atomic E-state index is 12.6. The van der Waals surface area contributed by atoms with Crippen molar-refractivity contribution in [2.45, 2.75) is 31.7 Å². The van der Waals surface area contributed by atoms with E-state index in [2.05, 4.69) is 15.4 Å². The lowest BCUT2D eigenvalue weighted by Gasteiger charge is -2.09. The van der Waals surface area contributed by atoms with Crippen LogP contribution in [0, 0.1) is 13.8 Å². The lowest BCUT2D eigenvalue weighted by molar-refractivity contribution is 0.0474. The third-order valence-electron chi connectivity index (χ3n) is 5.04. The minimum atomic E-state index is -3.59. The van der Waals surface area contributed by atoms with Crippen LogP contribution in [0.3, 0.4) is 0 Å². The van der Waals surface area contributed by atoms with Crippen molar-refractivity contribution in [2.24, 2.45) is 0 Å². The summed E-state index contributed by atoms with van der Waals surface area (Å²) in [5.74, 6) is -0.966. The lowest BCUT2D eigenvalue weighted by Crippen LogP contribution is -2.19. The van der Waals surface area contributed by atoms with Gasteiger partial charge in [-0.25, -0.2) is 17.9 Å². The minimum Gasteiger partial charge on any atom is -0.454 e. The first-order chi connectivity index (χ1) is 14.7. The largest absolute Gasteiger partial charge is 0.454 e. The number of rotatable bonds is 9. The third-order valence-corrected chi connectivity index (χ3v) is 7.41. The van der Waals surface area contributed by atoms with E-state index < -0.39 is 16.0 Å². The van der Waals surface area contributed by atoms with Gasteiger partial charge in [0, 0.05) is 28.4 Å². The van der Waals surface area contributed by atoms with Crippen LogP contribution < -0.4 is 4.72 Å². The molecule has 2 aromatic heterocycles. The number of benzene rings is 1. The Hall–Kier alpha value is -2.75. The number of hydrogen-bond acceptors (Lipinski definition) is 6. The van der Waals surface area contributed by atoms with Gasteiger partial charge in [0.2, 0.25) is 15.8 Å². The van der Waals surface area contributed by atoms with Gasteiger partial charge < -0.3 is 9.30 Å². The van der Waals surface area contributed by atoms with Crippen LogP contribution in [0.5, 0.6) is 0 Å². The Morgan fingerprint density at radius 2 is 1.84 bits per heavy atom. The van der Waals surface area contributed by atoms with Crippen LogP contribution in [0.4, 0.5) is 0 Å². The summed E-state index contributed by atoms with van der Waals surface area (Å²) >= 11 is 1.70. The van der Waals surface area contributed by atoms with Gasteiger partial charge in [-0.2, -0.15) is 0 Å². The Labute approximate surface area is 185 Å². The van der Waals surface area contributed by atoms with E-state index in [1.807, 2.05) is 31.4 Å². The number of carbonyl (C=O) groups is 2. The fourth-order valence-electron chi connectivity index (χ4n) is 3.28. The Morgan fingerprint density at radius 1 is 1.13 bits per heavy atom. The number of sulfonamides is 1. The molecule has 1 aromatic carbocycles. The number of nitrogens with one attached hydrogen (secondary N) is 1.